The van der Waals surface area contributed by atoms with Crippen LogP contribution in [-0.4, -0.2) is 23.6 Å². The fraction of sp³-hybridized carbons (Fsp3) is 0.300. The van der Waals surface area contributed by atoms with Crippen LogP contribution in [0.5, 0.6) is 0 Å². The third kappa shape index (κ3) is 3.88. The van der Waals surface area contributed by atoms with E-state index in [2.05, 4.69) is 5.32 Å². The number of benzene rings is 2. The van der Waals surface area contributed by atoms with Crippen LogP contribution in [0.1, 0.15) is 40.4 Å². The fourth-order valence-corrected chi connectivity index (χ4v) is 3.14. The molecule has 130 valence electrons. The summed E-state index contributed by atoms with van der Waals surface area (Å²) in [6.45, 7) is 2.48. The van der Waals surface area contributed by atoms with Crippen molar-refractivity contribution >= 4 is 17.6 Å². The maximum absolute atomic E-state index is 12.8. The molecule has 0 spiro atoms. The van der Waals surface area contributed by atoms with Crippen LogP contribution in [0.3, 0.4) is 0 Å². The molecule has 2 unspecified atom stereocenters. The molecular weight excluding hydrogens is 318 g/mol. The minimum absolute atomic E-state index is 0.140. The maximum Gasteiger partial charge on any atom is 0.335 e. The van der Waals surface area contributed by atoms with Crippen LogP contribution >= 0.6 is 0 Å². The highest BCUT2D eigenvalue weighted by atomic mass is 16.5. The van der Waals surface area contributed by atoms with Crippen LogP contribution in [0.25, 0.3) is 0 Å². The Morgan fingerprint density at radius 2 is 1.92 bits per heavy atom. The van der Waals surface area contributed by atoms with Gasteiger partial charge in [-0.2, -0.15) is 0 Å². The molecule has 2 aromatic carbocycles. The lowest BCUT2D eigenvalue weighted by molar-refractivity contribution is -0.129. The first-order valence-electron chi connectivity index (χ1n) is 8.37. The number of carbonyl (C=O) groups excluding carboxylic acids is 1. The predicted octanol–water partition coefficient (Wildman–Crippen LogP) is 3.80. The molecule has 3 rings (SSSR count). The van der Waals surface area contributed by atoms with Crippen molar-refractivity contribution in [2.24, 2.45) is 5.92 Å². The minimum Gasteiger partial charge on any atom is -0.478 e. The van der Waals surface area contributed by atoms with E-state index in [4.69, 9.17) is 9.84 Å². The second-order valence-electron chi connectivity index (χ2n) is 6.27. The Morgan fingerprint density at radius 1 is 1.16 bits per heavy atom. The van der Waals surface area contributed by atoms with Crippen LogP contribution < -0.4 is 5.32 Å². The van der Waals surface area contributed by atoms with Gasteiger partial charge in [0, 0.05) is 12.3 Å². The van der Waals surface area contributed by atoms with Crippen molar-refractivity contribution in [3.8, 4) is 0 Å². The van der Waals surface area contributed by atoms with E-state index < -0.39 is 5.97 Å². The summed E-state index contributed by atoms with van der Waals surface area (Å²) >= 11 is 0. The minimum atomic E-state index is -1.02. The number of aryl methyl sites for hydroxylation is 1. The number of carboxylic acid groups (broad SMARTS) is 1. The lowest BCUT2D eigenvalue weighted by atomic mass is 9.88. The molecule has 1 aliphatic rings. The van der Waals surface area contributed by atoms with Gasteiger partial charge in [0.1, 0.15) is 0 Å². The largest absolute Gasteiger partial charge is 0.478 e. The zero-order valence-corrected chi connectivity index (χ0v) is 14.1. The van der Waals surface area contributed by atoms with E-state index in [1.807, 2.05) is 37.3 Å². The number of carboxylic acids is 1. The van der Waals surface area contributed by atoms with Gasteiger partial charge in [0.15, 0.2) is 0 Å². The highest BCUT2D eigenvalue weighted by Gasteiger charge is 2.33. The maximum atomic E-state index is 12.8. The number of ether oxygens (including phenoxy) is 1. The van der Waals surface area contributed by atoms with E-state index in [1.165, 1.54) is 12.1 Å². The van der Waals surface area contributed by atoms with Crippen molar-refractivity contribution in [1.82, 2.24) is 0 Å². The molecule has 2 aromatic rings. The van der Waals surface area contributed by atoms with Crippen molar-refractivity contribution in [2.45, 2.75) is 25.9 Å². The predicted molar refractivity (Wildman–Crippen MR) is 94.6 cm³/mol. The number of amides is 1. The number of anilines is 1. The monoisotopic (exact) mass is 339 g/mol. The van der Waals surface area contributed by atoms with Crippen LogP contribution in [-0.2, 0) is 9.53 Å². The molecule has 1 saturated heterocycles. The Kier molecular flexibility index (Phi) is 5.14. The fourth-order valence-electron chi connectivity index (χ4n) is 3.14. The number of nitrogens with one attached hydrogen (secondary N) is 1. The van der Waals surface area contributed by atoms with Gasteiger partial charge in [-0.3, -0.25) is 4.79 Å². The smallest absolute Gasteiger partial charge is 0.335 e. The lowest BCUT2D eigenvalue weighted by Crippen LogP contribution is -2.33. The number of hydrogen-bond acceptors (Lipinski definition) is 3. The Labute approximate surface area is 146 Å². The van der Waals surface area contributed by atoms with Crippen LogP contribution in [0, 0.1) is 12.8 Å². The van der Waals surface area contributed by atoms with E-state index in [9.17, 15) is 9.59 Å². The van der Waals surface area contributed by atoms with Gasteiger partial charge in [0.05, 0.1) is 17.6 Å². The molecule has 0 aliphatic carbocycles. The number of aromatic carboxylic acids is 1. The molecule has 2 N–H and O–H groups in total. The average molecular weight is 339 g/mol. The zero-order valence-electron chi connectivity index (χ0n) is 14.1. The van der Waals surface area contributed by atoms with Gasteiger partial charge in [-0.15, -0.1) is 0 Å². The lowest BCUT2D eigenvalue weighted by Gasteiger charge is -2.31. The van der Waals surface area contributed by atoms with Gasteiger partial charge in [-0.25, -0.2) is 4.79 Å². The van der Waals surface area contributed by atoms with Crippen molar-refractivity contribution in [3.63, 3.8) is 0 Å². The summed E-state index contributed by atoms with van der Waals surface area (Å²) in [6.07, 6.45) is 1.29. The molecule has 0 aromatic heterocycles. The van der Waals surface area contributed by atoms with Crippen LogP contribution in [0.2, 0.25) is 0 Å². The normalized spacial score (nSPS) is 20.0. The third-order valence-corrected chi connectivity index (χ3v) is 4.53. The summed E-state index contributed by atoms with van der Waals surface area (Å²) in [5.74, 6) is -1.46. The molecule has 5 nitrogen and oxygen atoms in total. The first-order chi connectivity index (χ1) is 12.1. The summed E-state index contributed by atoms with van der Waals surface area (Å²) in [7, 11) is 0. The highest BCUT2D eigenvalue weighted by molar-refractivity contribution is 5.96. The SMILES string of the molecule is Cc1ccc(C(=O)O)cc1NC(=O)C1CCCOC1c1ccccc1. The molecule has 5 heteroatoms. The van der Waals surface area contributed by atoms with E-state index in [1.54, 1.807) is 6.07 Å². The molecule has 1 aliphatic heterocycles. The van der Waals surface area contributed by atoms with Crippen molar-refractivity contribution in [2.75, 3.05) is 11.9 Å². The third-order valence-electron chi connectivity index (χ3n) is 4.53. The Hall–Kier alpha value is -2.66. The molecule has 1 heterocycles. The average Bonchev–Trinajstić information content (AvgIpc) is 2.64. The Bertz CT molecular complexity index is 773. The number of carbonyl (C=O) groups is 2. The summed E-state index contributed by atoms with van der Waals surface area (Å²) in [5.41, 5.74) is 2.49. The van der Waals surface area contributed by atoms with E-state index in [0.717, 1.165) is 24.0 Å². The summed E-state index contributed by atoms with van der Waals surface area (Å²) in [6, 6.07) is 14.5. The zero-order chi connectivity index (χ0) is 17.8. The van der Waals surface area contributed by atoms with Gasteiger partial charge in [0.25, 0.3) is 0 Å². The first kappa shape index (κ1) is 17.2. The Balaban J connectivity index is 1.82. The topological polar surface area (TPSA) is 75.6 Å². The quantitative estimate of drug-likeness (QED) is 0.888. The van der Waals surface area contributed by atoms with E-state index >= 15 is 0 Å². The van der Waals surface area contributed by atoms with Crippen LogP contribution in [0.4, 0.5) is 5.69 Å². The second-order valence-corrected chi connectivity index (χ2v) is 6.27. The second kappa shape index (κ2) is 7.49. The van der Waals surface area contributed by atoms with Crippen LogP contribution in [0.15, 0.2) is 48.5 Å². The van der Waals surface area contributed by atoms with E-state index in [0.29, 0.717) is 12.3 Å². The Morgan fingerprint density at radius 3 is 2.64 bits per heavy atom. The summed E-state index contributed by atoms with van der Waals surface area (Å²) < 4.78 is 5.87. The highest BCUT2D eigenvalue weighted by Crippen LogP contribution is 2.34. The standard InChI is InChI=1S/C20H21NO4/c1-13-9-10-15(20(23)24)12-17(13)21-19(22)16-8-5-11-25-18(16)14-6-3-2-4-7-14/h2-4,6-7,9-10,12,16,18H,5,8,11H2,1H3,(H,21,22)(H,23,24). The molecule has 0 radical (unpaired) electrons. The van der Waals surface area contributed by atoms with Gasteiger partial charge in [0.2, 0.25) is 5.91 Å². The molecule has 1 fully saturated rings. The number of rotatable bonds is 4. The molecule has 25 heavy (non-hydrogen) atoms. The van der Waals surface area contributed by atoms with Crippen molar-refractivity contribution in [3.05, 3.63) is 65.2 Å². The van der Waals surface area contributed by atoms with Gasteiger partial charge < -0.3 is 15.2 Å². The van der Waals surface area contributed by atoms with Gasteiger partial charge in [-0.05, 0) is 43.0 Å². The van der Waals surface area contributed by atoms with E-state index in [-0.39, 0.29) is 23.5 Å². The van der Waals surface area contributed by atoms with Crippen molar-refractivity contribution < 1.29 is 19.4 Å². The van der Waals surface area contributed by atoms with Gasteiger partial charge >= 0.3 is 5.97 Å². The molecule has 0 saturated carbocycles. The van der Waals surface area contributed by atoms with Gasteiger partial charge in [-0.1, -0.05) is 36.4 Å². The van der Waals surface area contributed by atoms with Crippen molar-refractivity contribution in [1.29, 1.82) is 0 Å². The first-order valence-corrected chi connectivity index (χ1v) is 8.37. The molecule has 2 atom stereocenters. The molecule has 0 bridgehead atoms. The number of hydrogen-bond donors (Lipinski definition) is 2. The molecule has 1 amide bonds. The summed E-state index contributed by atoms with van der Waals surface area (Å²) in [5, 5.41) is 12.0. The molecular formula is C20H21NO4. The summed E-state index contributed by atoms with van der Waals surface area (Å²) in [4.78, 5) is 24.0.